The maximum atomic E-state index is 12.8. The SMILES string of the molecule is COc1ccc(-c2nc(C(F)(F)F)c(OC)o2)cc1OC. The summed E-state index contributed by atoms with van der Waals surface area (Å²) in [5, 5.41) is 0. The number of alkyl halides is 3. The van der Waals surface area contributed by atoms with E-state index in [4.69, 9.17) is 13.9 Å². The van der Waals surface area contributed by atoms with Crippen LogP contribution < -0.4 is 14.2 Å². The molecule has 21 heavy (non-hydrogen) atoms. The van der Waals surface area contributed by atoms with Crippen LogP contribution in [0, 0.1) is 0 Å². The number of rotatable bonds is 4. The Labute approximate surface area is 118 Å². The van der Waals surface area contributed by atoms with Gasteiger partial charge in [0.15, 0.2) is 11.5 Å². The van der Waals surface area contributed by atoms with Crippen molar-refractivity contribution in [3.8, 4) is 28.9 Å². The summed E-state index contributed by atoms with van der Waals surface area (Å²) < 4.78 is 58.0. The normalized spacial score (nSPS) is 11.3. The van der Waals surface area contributed by atoms with E-state index in [0.29, 0.717) is 17.1 Å². The maximum absolute atomic E-state index is 12.8. The molecule has 1 aromatic carbocycles. The molecule has 0 spiro atoms. The van der Waals surface area contributed by atoms with Gasteiger partial charge in [-0.15, -0.1) is 0 Å². The summed E-state index contributed by atoms with van der Waals surface area (Å²) in [4.78, 5) is 3.44. The highest BCUT2D eigenvalue weighted by molar-refractivity contribution is 5.60. The fourth-order valence-electron chi connectivity index (χ4n) is 1.72. The fourth-order valence-corrected chi connectivity index (χ4v) is 1.72. The van der Waals surface area contributed by atoms with Crippen LogP contribution in [0.2, 0.25) is 0 Å². The third kappa shape index (κ3) is 2.88. The van der Waals surface area contributed by atoms with E-state index < -0.39 is 17.8 Å². The summed E-state index contributed by atoms with van der Waals surface area (Å²) >= 11 is 0. The first kappa shape index (κ1) is 15.0. The molecule has 5 nitrogen and oxygen atoms in total. The largest absolute Gasteiger partial charge is 0.493 e. The lowest BCUT2D eigenvalue weighted by atomic mass is 10.2. The number of methoxy groups -OCH3 is 3. The second-order valence-corrected chi connectivity index (χ2v) is 3.93. The zero-order valence-corrected chi connectivity index (χ0v) is 11.4. The van der Waals surface area contributed by atoms with Gasteiger partial charge in [0.1, 0.15) is 0 Å². The lowest BCUT2D eigenvalue weighted by Crippen LogP contribution is -2.07. The van der Waals surface area contributed by atoms with Crippen LogP contribution in [-0.2, 0) is 6.18 Å². The van der Waals surface area contributed by atoms with Crippen LogP contribution in [0.4, 0.5) is 13.2 Å². The number of hydrogen-bond donors (Lipinski definition) is 0. The van der Waals surface area contributed by atoms with Gasteiger partial charge in [-0.3, -0.25) is 0 Å². The van der Waals surface area contributed by atoms with Crippen LogP contribution in [0.25, 0.3) is 11.5 Å². The predicted octanol–water partition coefficient (Wildman–Crippen LogP) is 3.39. The molecule has 1 aromatic heterocycles. The Morgan fingerprint density at radius 1 is 1.00 bits per heavy atom. The van der Waals surface area contributed by atoms with E-state index in [9.17, 15) is 13.2 Å². The minimum Gasteiger partial charge on any atom is -0.493 e. The van der Waals surface area contributed by atoms with Crippen molar-refractivity contribution in [1.82, 2.24) is 4.98 Å². The Hall–Kier alpha value is -2.38. The van der Waals surface area contributed by atoms with Crippen molar-refractivity contribution in [2.45, 2.75) is 6.18 Å². The standard InChI is InChI=1S/C13H12F3NO4/c1-18-8-5-4-7(6-9(8)19-2)11-17-10(13(14,15)16)12(20-3)21-11/h4-6H,1-3H3. The number of nitrogens with zero attached hydrogens (tertiary/aromatic N) is 1. The van der Waals surface area contributed by atoms with Crippen molar-refractivity contribution in [2.24, 2.45) is 0 Å². The molecule has 0 radical (unpaired) electrons. The summed E-state index contributed by atoms with van der Waals surface area (Å²) in [6.45, 7) is 0. The average Bonchev–Trinajstić information content (AvgIpc) is 2.90. The van der Waals surface area contributed by atoms with Crippen molar-refractivity contribution in [2.75, 3.05) is 21.3 Å². The Morgan fingerprint density at radius 2 is 1.67 bits per heavy atom. The van der Waals surface area contributed by atoms with Crippen molar-refractivity contribution >= 4 is 0 Å². The topological polar surface area (TPSA) is 53.7 Å². The molecule has 0 atom stereocenters. The van der Waals surface area contributed by atoms with E-state index in [1.165, 1.54) is 32.4 Å². The molecule has 0 saturated heterocycles. The van der Waals surface area contributed by atoms with E-state index >= 15 is 0 Å². The van der Waals surface area contributed by atoms with Crippen molar-refractivity contribution < 1.29 is 31.8 Å². The number of benzene rings is 1. The number of halogens is 3. The average molecular weight is 303 g/mol. The summed E-state index contributed by atoms with van der Waals surface area (Å²) in [6.07, 6.45) is -4.66. The highest BCUT2D eigenvalue weighted by Gasteiger charge is 2.40. The molecule has 0 aliphatic heterocycles. The molecule has 0 fully saturated rings. The smallest absolute Gasteiger partial charge is 0.440 e. The molecule has 0 amide bonds. The Morgan fingerprint density at radius 3 is 2.14 bits per heavy atom. The Kier molecular flexibility index (Phi) is 3.97. The molecule has 114 valence electrons. The first-order chi connectivity index (χ1) is 9.90. The van der Waals surface area contributed by atoms with Gasteiger partial charge in [0.25, 0.3) is 0 Å². The van der Waals surface area contributed by atoms with Crippen molar-refractivity contribution in [3.63, 3.8) is 0 Å². The summed E-state index contributed by atoms with van der Waals surface area (Å²) in [7, 11) is 3.94. The van der Waals surface area contributed by atoms with Gasteiger partial charge in [-0.1, -0.05) is 0 Å². The molecule has 0 N–H and O–H groups in total. The molecule has 8 heteroatoms. The van der Waals surface area contributed by atoms with E-state index in [2.05, 4.69) is 9.72 Å². The zero-order chi connectivity index (χ0) is 15.6. The van der Waals surface area contributed by atoms with E-state index in [1.54, 1.807) is 0 Å². The van der Waals surface area contributed by atoms with Crippen LogP contribution in [0.1, 0.15) is 5.69 Å². The minimum absolute atomic E-state index is 0.222. The second-order valence-electron chi connectivity index (χ2n) is 3.93. The highest BCUT2D eigenvalue weighted by atomic mass is 19.4. The first-order valence-corrected chi connectivity index (χ1v) is 5.75. The van der Waals surface area contributed by atoms with Crippen LogP contribution in [-0.4, -0.2) is 26.3 Å². The summed E-state index contributed by atoms with van der Waals surface area (Å²) in [5.74, 6) is -0.121. The van der Waals surface area contributed by atoms with Gasteiger partial charge in [0.2, 0.25) is 11.6 Å². The van der Waals surface area contributed by atoms with Gasteiger partial charge in [-0.05, 0) is 18.2 Å². The van der Waals surface area contributed by atoms with Gasteiger partial charge in [-0.2, -0.15) is 13.2 Å². The zero-order valence-electron chi connectivity index (χ0n) is 11.4. The monoisotopic (exact) mass is 303 g/mol. The number of oxazole rings is 1. The first-order valence-electron chi connectivity index (χ1n) is 5.75. The molecule has 0 aliphatic carbocycles. The number of ether oxygens (including phenoxy) is 3. The Bertz CT molecular complexity index is 637. The molecule has 2 rings (SSSR count). The quantitative estimate of drug-likeness (QED) is 0.866. The molecule has 1 heterocycles. The van der Waals surface area contributed by atoms with Gasteiger partial charge < -0.3 is 18.6 Å². The molecule has 0 saturated carbocycles. The maximum Gasteiger partial charge on any atom is 0.440 e. The predicted molar refractivity (Wildman–Crippen MR) is 66.6 cm³/mol. The summed E-state index contributed by atoms with van der Waals surface area (Å²) in [5.41, 5.74) is -0.906. The van der Waals surface area contributed by atoms with E-state index in [1.807, 2.05) is 0 Å². The summed E-state index contributed by atoms with van der Waals surface area (Å²) in [6, 6.07) is 4.51. The van der Waals surface area contributed by atoms with Crippen molar-refractivity contribution in [3.05, 3.63) is 23.9 Å². The lowest BCUT2D eigenvalue weighted by molar-refractivity contribution is -0.142. The van der Waals surface area contributed by atoms with E-state index in [-0.39, 0.29) is 5.89 Å². The molecular weight excluding hydrogens is 291 g/mol. The highest BCUT2D eigenvalue weighted by Crippen LogP contribution is 2.39. The minimum atomic E-state index is -4.66. The lowest BCUT2D eigenvalue weighted by Gasteiger charge is -2.07. The molecule has 0 bridgehead atoms. The van der Waals surface area contributed by atoms with Crippen LogP contribution in [0.15, 0.2) is 22.6 Å². The second kappa shape index (κ2) is 5.55. The molecule has 0 unspecified atom stereocenters. The molecular formula is C13H12F3NO4. The Balaban J connectivity index is 2.50. The molecule has 2 aromatic rings. The van der Waals surface area contributed by atoms with Gasteiger partial charge in [-0.25, -0.2) is 4.98 Å². The molecule has 0 aliphatic rings. The van der Waals surface area contributed by atoms with E-state index in [0.717, 1.165) is 7.11 Å². The number of aromatic nitrogens is 1. The van der Waals surface area contributed by atoms with Gasteiger partial charge in [0.05, 0.1) is 21.3 Å². The van der Waals surface area contributed by atoms with Crippen LogP contribution in [0.5, 0.6) is 17.4 Å². The third-order valence-corrected chi connectivity index (χ3v) is 2.68. The van der Waals surface area contributed by atoms with Crippen molar-refractivity contribution in [1.29, 1.82) is 0 Å². The van der Waals surface area contributed by atoms with Crippen LogP contribution >= 0.6 is 0 Å². The van der Waals surface area contributed by atoms with Crippen LogP contribution in [0.3, 0.4) is 0 Å². The fraction of sp³-hybridized carbons (Fsp3) is 0.308. The van der Waals surface area contributed by atoms with Gasteiger partial charge >= 0.3 is 12.1 Å². The third-order valence-electron chi connectivity index (χ3n) is 2.68. The van der Waals surface area contributed by atoms with Gasteiger partial charge in [0, 0.05) is 5.56 Å². The number of hydrogen-bond acceptors (Lipinski definition) is 5.